The number of alkyl halides is 3. The van der Waals surface area contributed by atoms with Crippen LogP contribution in [0.3, 0.4) is 0 Å². The van der Waals surface area contributed by atoms with Gasteiger partial charge in [0.25, 0.3) is 0 Å². The van der Waals surface area contributed by atoms with Crippen LogP contribution in [0.15, 0.2) is 48.8 Å². The molecule has 5 heteroatoms. The number of hydrogen-bond donors (Lipinski definition) is 0. The zero-order valence-electron chi connectivity index (χ0n) is 10.0. The third-order valence-corrected chi connectivity index (χ3v) is 2.48. The summed E-state index contributed by atoms with van der Waals surface area (Å²) >= 11 is 0. The van der Waals surface area contributed by atoms with E-state index in [9.17, 15) is 13.2 Å². The lowest BCUT2D eigenvalue weighted by Gasteiger charge is -2.09. The van der Waals surface area contributed by atoms with Gasteiger partial charge in [-0.25, -0.2) is 0 Å². The van der Waals surface area contributed by atoms with Crippen LogP contribution in [0.1, 0.15) is 11.1 Å². The molecule has 0 unspecified atom stereocenters. The summed E-state index contributed by atoms with van der Waals surface area (Å²) in [5.74, 6) is 0.218. The minimum atomic E-state index is -4.31. The molecule has 0 radical (unpaired) electrons. The summed E-state index contributed by atoms with van der Waals surface area (Å²) < 4.78 is 40.6. The molecule has 2 nitrogen and oxygen atoms in total. The third-order valence-electron chi connectivity index (χ3n) is 2.48. The van der Waals surface area contributed by atoms with E-state index < -0.39 is 12.8 Å². The highest BCUT2D eigenvalue weighted by Gasteiger charge is 2.28. The topological polar surface area (TPSA) is 22.1 Å². The van der Waals surface area contributed by atoms with Crippen LogP contribution >= 0.6 is 0 Å². The van der Waals surface area contributed by atoms with E-state index in [1.807, 2.05) is 12.1 Å². The Labute approximate surface area is 108 Å². The molecule has 0 fully saturated rings. The van der Waals surface area contributed by atoms with E-state index in [-0.39, 0.29) is 5.75 Å². The fourth-order valence-corrected chi connectivity index (χ4v) is 1.61. The molecule has 1 heterocycles. The Kier molecular flexibility index (Phi) is 4.04. The monoisotopic (exact) mass is 267 g/mol. The first-order valence-electron chi connectivity index (χ1n) is 5.70. The first kappa shape index (κ1) is 13.4. The largest absolute Gasteiger partial charge is 0.484 e. The second-order valence-electron chi connectivity index (χ2n) is 4.08. The maximum atomic E-state index is 12.0. The van der Waals surface area contributed by atoms with Crippen molar-refractivity contribution in [2.45, 2.75) is 12.6 Å². The van der Waals surface area contributed by atoms with Crippen LogP contribution in [0.2, 0.25) is 0 Å². The number of rotatable bonds is 4. The quantitative estimate of drug-likeness (QED) is 0.844. The van der Waals surface area contributed by atoms with E-state index in [1.54, 1.807) is 36.7 Å². The van der Waals surface area contributed by atoms with E-state index in [0.717, 1.165) is 11.1 Å². The second-order valence-corrected chi connectivity index (χ2v) is 4.08. The molecule has 1 aromatic carbocycles. The molecule has 2 rings (SSSR count). The van der Waals surface area contributed by atoms with E-state index >= 15 is 0 Å². The highest BCUT2D eigenvalue weighted by Crippen LogP contribution is 2.19. The van der Waals surface area contributed by atoms with Gasteiger partial charge in [0.05, 0.1) is 0 Å². The maximum absolute atomic E-state index is 12.0. The van der Waals surface area contributed by atoms with Crippen LogP contribution in [0, 0.1) is 0 Å². The molecule has 0 amide bonds. The smallest absolute Gasteiger partial charge is 0.422 e. The first-order valence-corrected chi connectivity index (χ1v) is 5.70. The standard InChI is InChI=1S/C14H12F3NO/c15-14(16,17)10-19-13-3-1-11(2-4-13)9-12-5-7-18-8-6-12/h1-8H,9-10H2. The molecule has 2 aromatic rings. The maximum Gasteiger partial charge on any atom is 0.422 e. The summed E-state index contributed by atoms with van der Waals surface area (Å²) in [6.45, 7) is -1.27. The predicted octanol–water partition coefficient (Wildman–Crippen LogP) is 3.61. The highest BCUT2D eigenvalue weighted by molar-refractivity contribution is 5.30. The Morgan fingerprint density at radius 1 is 0.895 bits per heavy atom. The minimum absolute atomic E-state index is 0.218. The van der Waals surface area contributed by atoms with Crippen molar-refractivity contribution in [3.8, 4) is 5.75 Å². The lowest BCUT2D eigenvalue weighted by atomic mass is 10.1. The van der Waals surface area contributed by atoms with Crippen molar-refractivity contribution >= 4 is 0 Å². The average Bonchev–Trinajstić information content (AvgIpc) is 2.38. The summed E-state index contributed by atoms with van der Waals surface area (Å²) in [4.78, 5) is 3.92. The molecule has 0 atom stereocenters. The molecule has 1 aromatic heterocycles. The van der Waals surface area contributed by atoms with Gasteiger partial charge in [-0.2, -0.15) is 13.2 Å². The van der Waals surface area contributed by atoms with Crippen LogP contribution in [-0.2, 0) is 6.42 Å². The van der Waals surface area contributed by atoms with Gasteiger partial charge in [-0.05, 0) is 41.8 Å². The average molecular weight is 267 g/mol. The Balaban J connectivity index is 1.95. The van der Waals surface area contributed by atoms with Gasteiger partial charge in [0, 0.05) is 12.4 Å². The van der Waals surface area contributed by atoms with Crippen LogP contribution in [0.5, 0.6) is 5.75 Å². The van der Waals surface area contributed by atoms with Gasteiger partial charge in [0.1, 0.15) is 5.75 Å². The van der Waals surface area contributed by atoms with Crippen molar-refractivity contribution < 1.29 is 17.9 Å². The van der Waals surface area contributed by atoms with Gasteiger partial charge in [-0.3, -0.25) is 4.98 Å². The second kappa shape index (κ2) is 5.73. The molecule has 0 aliphatic heterocycles. The Hall–Kier alpha value is -2.04. The number of ether oxygens (including phenoxy) is 1. The molecular weight excluding hydrogens is 255 g/mol. The van der Waals surface area contributed by atoms with Crippen molar-refractivity contribution in [1.29, 1.82) is 0 Å². The van der Waals surface area contributed by atoms with Crippen LogP contribution in [0.25, 0.3) is 0 Å². The summed E-state index contributed by atoms with van der Waals surface area (Å²) in [6.07, 6.45) is -0.190. The molecule has 0 aliphatic carbocycles. The van der Waals surface area contributed by atoms with Crippen LogP contribution in [-0.4, -0.2) is 17.8 Å². The number of benzene rings is 1. The van der Waals surface area contributed by atoms with E-state index in [4.69, 9.17) is 0 Å². The molecule has 0 saturated carbocycles. The molecule has 0 spiro atoms. The summed E-state index contributed by atoms with van der Waals surface area (Å²) in [6, 6.07) is 10.4. The zero-order valence-corrected chi connectivity index (χ0v) is 10.0. The van der Waals surface area contributed by atoms with E-state index in [0.29, 0.717) is 6.42 Å². The summed E-state index contributed by atoms with van der Waals surface area (Å²) in [5.41, 5.74) is 2.10. The fraction of sp³-hybridized carbons (Fsp3) is 0.214. The number of hydrogen-bond acceptors (Lipinski definition) is 2. The minimum Gasteiger partial charge on any atom is -0.484 e. The third kappa shape index (κ3) is 4.62. The molecular formula is C14H12F3NO. The van der Waals surface area contributed by atoms with Gasteiger partial charge in [0.2, 0.25) is 0 Å². The summed E-state index contributed by atoms with van der Waals surface area (Å²) in [7, 11) is 0. The normalized spacial score (nSPS) is 11.3. The molecule has 100 valence electrons. The molecule has 19 heavy (non-hydrogen) atoms. The lowest BCUT2D eigenvalue weighted by molar-refractivity contribution is -0.153. The molecule has 0 aliphatic rings. The van der Waals surface area contributed by atoms with E-state index in [1.165, 1.54) is 0 Å². The molecule has 0 saturated heterocycles. The SMILES string of the molecule is FC(F)(F)COc1ccc(Cc2ccncc2)cc1. The number of aromatic nitrogens is 1. The first-order chi connectivity index (χ1) is 9.03. The van der Waals surface area contributed by atoms with Crippen molar-refractivity contribution in [2.75, 3.05) is 6.61 Å². The van der Waals surface area contributed by atoms with Gasteiger partial charge in [0.15, 0.2) is 6.61 Å². The Morgan fingerprint density at radius 3 is 2.05 bits per heavy atom. The fourth-order valence-electron chi connectivity index (χ4n) is 1.61. The number of halogens is 3. The highest BCUT2D eigenvalue weighted by atomic mass is 19.4. The lowest BCUT2D eigenvalue weighted by Crippen LogP contribution is -2.19. The van der Waals surface area contributed by atoms with Gasteiger partial charge in [-0.15, -0.1) is 0 Å². The Bertz CT molecular complexity index is 508. The van der Waals surface area contributed by atoms with Crippen LogP contribution < -0.4 is 4.74 Å². The molecule has 0 bridgehead atoms. The van der Waals surface area contributed by atoms with Crippen molar-refractivity contribution in [1.82, 2.24) is 4.98 Å². The van der Waals surface area contributed by atoms with Crippen molar-refractivity contribution in [3.63, 3.8) is 0 Å². The Morgan fingerprint density at radius 2 is 1.47 bits per heavy atom. The predicted molar refractivity (Wildman–Crippen MR) is 65.0 cm³/mol. The van der Waals surface area contributed by atoms with Crippen LogP contribution in [0.4, 0.5) is 13.2 Å². The van der Waals surface area contributed by atoms with Crippen molar-refractivity contribution in [2.24, 2.45) is 0 Å². The van der Waals surface area contributed by atoms with Crippen molar-refractivity contribution in [3.05, 3.63) is 59.9 Å². The molecule has 0 N–H and O–H groups in total. The van der Waals surface area contributed by atoms with Gasteiger partial charge < -0.3 is 4.74 Å². The van der Waals surface area contributed by atoms with Gasteiger partial charge >= 0.3 is 6.18 Å². The summed E-state index contributed by atoms with van der Waals surface area (Å²) in [5, 5.41) is 0. The number of pyridine rings is 1. The van der Waals surface area contributed by atoms with E-state index in [2.05, 4.69) is 9.72 Å². The number of nitrogens with zero attached hydrogens (tertiary/aromatic N) is 1. The van der Waals surface area contributed by atoms with Gasteiger partial charge in [-0.1, -0.05) is 12.1 Å². The zero-order chi connectivity index (χ0) is 13.7.